The summed E-state index contributed by atoms with van der Waals surface area (Å²) in [4.78, 5) is 0. The maximum atomic E-state index is 13.7. The summed E-state index contributed by atoms with van der Waals surface area (Å²) in [5.74, 6) is -1.13. The number of halogens is 2. The predicted octanol–water partition coefficient (Wildman–Crippen LogP) is 3.26. The summed E-state index contributed by atoms with van der Waals surface area (Å²) in [5.41, 5.74) is 1.23. The van der Waals surface area contributed by atoms with Gasteiger partial charge in [0.25, 0.3) is 0 Å². The second kappa shape index (κ2) is 5.10. The van der Waals surface area contributed by atoms with E-state index < -0.39 is 11.6 Å². The van der Waals surface area contributed by atoms with Gasteiger partial charge in [0.2, 0.25) is 0 Å². The molecule has 1 atom stereocenters. The lowest BCUT2D eigenvalue weighted by atomic mass is 10.0. The molecule has 0 spiro atoms. The van der Waals surface area contributed by atoms with Crippen LogP contribution >= 0.6 is 0 Å². The number of nitrogens with one attached hydrogen (secondary N) is 1. The van der Waals surface area contributed by atoms with Crippen molar-refractivity contribution in [1.29, 1.82) is 0 Å². The van der Waals surface area contributed by atoms with Crippen molar-refractivity contribution in [1.82, 2.24) is 5.32 Å². The Hall–Kier alpha value is -1.68. The molecule has 2 rings (SSSR count). The third-order valence-electron chi connectivity index (χ3n) is 2.56. The van der Waals surface area contributed by atoms with E-state index in [0.29, 0.717) is 12.1 Å². The SMILES string of the molecule is CCNC(c1ccoc1)c1ccc(F)cc1F. The van der Waals surface area contributed by atoms with Crippen LogP contribution in [0.15, 0.2) is 41.2 Å². The quantitative estimate of drug-likeness (QED) is 0.883. The molecule has 0 radical (unpaired) electrons. The van der Waals surface area contributed by atoms with Crippen LogP contribution < -0.4 is 5.32 Å². The standard InChI is InChI=1S/C13H13F2NO/c1-2-16-13(9-5-6-17-8-9)11-4-3-10(14)7-12(11)15/h3-8,13,16H,2H2,1H3. The molecule has 17 heavy (non-hydrogen) atoms. The van der Waals surface area contributed by atoms with E-state index in [0.717, 1.165) is 11.6 Å². The van der Waals surface area contributed by atoms with Gasteiger partial charge in [0.1, 0.15) is 11.6 Å². The smallest absolute Gasteiger partial charge is 0.131 e. The number of hydrogen-bond acceptors (Lipinski definition) is 2. The fourth-order valence-electron chi connectivity index (χ4n) is 1.79. The van der Waals surface area contributed by atoms with Crippen molar-refractivity contribution in [2.24, 2.45) is 0 Å². The van der Waals surface area contributed by atoms with Crippen LogP contribution in [-0.2, 0) is 0 Å². The first-order chi connectivity index (χ1) is 8.22. The number of furan rings is 1. The van der Waals surface area contributed by atoms with E-state index in [2.05, 4.69) is 5.32 Å². The van der Waals surface area contributed by atoms with Gasteiger partial charge < -0.3 is 9.73 Å². The molecule has 90 valence electrons. The Morgan fingerprint density at radius 1 is 1.29 bits per heavy atom. The lowest BCUT2D eigenvalue weighted by Gasteiger charge is -2.17. The van der Waals surface area contributed by atoms with Gasteiger partial charge in [-0.25, -0.2) is 8.78 Å². The molecule has 0 saturated heterocycles. The van der Waals surface area contributed by atoms with Crippen molar-refractivity contribution < 1.29 is 13.2 Å². The van der Waals surface area contributed by atoms with Crippen LogP contribution in [0.2, 0.25) is 0 Å². The van der Waals surface area contributed by atoms with Gasteiger partial charge >= 0.3 is 0 Å². The monoisotopic (exact) mass is 237 g/mol. The minimum atomic E-state index is -0.575. The Morgan fingerprint density at radius 2 is 2.12 bits per heavy atom. The van der Waals surface area contributed by atoms with Crippen molar-refractivity contribution in [2.75, 3.05) is 6.54 Å². The van der Waals surface area contributed by atoms with E-state index in [1.807, 2.05) is 6.92 Å². The molecule has 0 aliphatic carbocycles. The highest BCUT2D eigenvalue weighted by Crippen LogP contribution is 2.25. The zero-order chi connectivity index (χ0) is 12.3. The molecule has 2 nitrogen and oxygen atoms in total. The second-order valence-corrected chi connectivity index (χ2v) is 3.71. The lowest BCUT2D eigenvalue weighted by molar-refractivity contribution is 0.530. The Bertz CT molecular complexity index is 482. The van der Waals surface area contributed by atoms with Crippen molar-refractivity contribution in [3.8, 4) is 0 Å². The molecule has 0 aliphatic heterocycles. The maximum absolute atomic E-state index is 13.7. The fraction of sp³-hybridized carbons (Fsp3) is 0.231. The molecule has 0 fully saturated rings. The first-order valence-electron chi connectivity index (χ1n) is 5.42. The zero-order valence-corrected chi connectivity index (χ0v) is 9.41. The van der Waals surface area contributed by atoms with E-state index in [1.165, 1.54) is 18.4 Å². The average molecular weight is 237 g/mol. The first-order valence-corrected chi connectivity index (χ1v) is 5.42. The summed E-state index contributed by atoms with van der Waals surface area (Å²) < 4.78 is 31.6. The number of rotatable bonds is 4. The topological polar surface area (TPSA) is 25.2 Å². The summed E-state index contributed by atoms with van der Waals surface area (Å²) >= 11 is 0. The Balaban J connectivity index is 2.39. The number of benzene rings is 1. The van der Waals surface area contributed by atoms with E-state index in [-0.39, 0.29) is 6.04 Å². The third kappa shape index (κ3) is 2.53. The molecular formula is C13H13F2NO. The average Bonchev–Trinajstić information content (AvgIpc) is 2.80. The van der Waals surface area contributed by atoms with Crippen LogP contribution in [-0.4, -0.2) is 6.54 Å². The van der Waals surface area contributed by atoms with Crippen molar-refractivity contribution in [2.45, 2.75) is 13.0 Å². The molecular weight excluding hydrogens is 224 g/mol. The van der Waals surface area contributed by atoms with Gasteiger partial charge in [-0.15, -0.1) is 0 Å². The highest BCUT2D eigenvalue weighted by molar-refractivity contribution is 5.31. The van der Waals surface area contributed by atoms with Gasteiger partial charge in [-0.2, -0.15) is 0 Å². The third-order valence-corrected chi connectivity index (χ3v) is 2.56. The van der Waals surface area contributed by atoms with Crippen LogP contribution in [0.3, 0.4) is 0 Å². The molecule has 1 N–H and O–H groups in total. The molecule has 1 unspecified atom stereocenters. The fourth-order valence-corrected chi connectivity index (χ4v) is 1.79. The Kier molecular flexibility index (Phi) is 3.54. The van der Waals surface area contributed by atoms with Crippen LogP contribution in [0.5, 0.6) is 0 Å². The molecule has 1 heterocycles. The predicted molar refractivity (Wildman–Crippen MR) is 60.6 cm³/mol. The summed E-state index contributed by atoms with van der Waals surface area (Å²) in [6, 6.07) is 5.03. The highest BCUT2D eigenvalue weighted by atomic mass is 19.1. The van der Waals surface area contributed by atoms with E-state index >= 15 is 0 Å². The van der Waals surface area contributed by atoms with E-state index in [1.54, 1.807) is 12.3 Å². The van der Waals surface area contributed by atoms with Gasteiger partial charge in [0.05, 0.1) is 18.6 Å². The molecule has 1 aromatic heterocycles. The van der Waals surface area contributed by atoms with Crippen LogP contribution in [0, 0.1) is 11.6 Å². The molecule has 0 saturated carbocycles. The lowest BCUT2D eigenvalue weighted by Crippen LogP contribution is -2.22. The van der Waals surface area contributed by atoms with Gasteiger partial charge in [0.15, 0.2) is 0 Å². The summed E-state index contributed by atoms with van der Waals surface area (Å²) in [6.45, 7) is 2.60. The van der Waals surface area contributed by atoms with Crippen LogP contribution in [0.4, 0.5) is 8.78 Å². The molecule has 0 aliphatic rings. The second-order valence-electron chi connectivity index (χ2n) is 3.71. The molecule has 0 bridgehead atoms. The van der Waals surface area contributed by atoms with Gasteiger partial charge in [-0.3, -0.25) is 0 Å². The van der Waals surface area contributed by atoms with Gasteiger partial charge in [-0.1, -0.05) is 13.0 Å². The molecule has 0 amide bonds. The van der Waals surface area contributed by atoms with Crippen LogP contribution in [0.25, 0.3) is 0 Å². The minimum Gasteiger partial charge on any atom is -0.472 e. The molecule has 1 aromatic carbocycles. The summed E-state index contributed by atoms with van der Waals surface area (Å²) in [6.07, 6.45) is 3.08. The Morgan fingerprint density at radius 3 is 2.71 bits per heavy atom. The zero-order valence-electron chi connectivity index (χ0n) is 9.41. The van der Waals surface area contributed by atoms with E-state index in [4.69, 9.17) is 4.42 Å². The highest BCUT2D eigenvalue weighted by Gasteiger charge is 2.18. The minimum absolute atomic E-state index is 0.320. The first kappa shape index (κ1) is 11.8. The number of hydrogen-bond donors (Lipinski definition) is 1. The largest absolute Gasteiger partial charge is 0.472 e. The normalized spacial score (nSPS) is 12.6. The van der Waals surface area contributed by atoms with E-state index in [9.17, 15) is 8.78 Å². The van der Waals surface area contributed by atoms with Gasteiger partial charge in [-0.05, 0) is 18.7 Å². The maximum Gasteiger partial charge on any atom is 0.131 e. The van der Waals surface area contributed by atoms with Crippen LogP contribution in [0.1, 0.15) is 24.1 Å². The Labute approximate surface area is 98.3 Å². The van der Waals surface area contributed by atoms with Crippen molar-refractivity contribution >= 4 is 0 Å². The molecule has 4 heteroatoms. The molecule has 2 aromatic rings. The van der Waals surface area contributed by atoms with Crippen molar-refractivity contribution in [3.05, 3.63) is 59.6 Å². The summed E-state index contributed by atoms with van der Waals surface area (Å²) in [7, 11) is 0. The van der Waals surface area contributed by atoms with Crippen molar-refractivity contribution in [3.63, 3.8) is 0 Å². The summed E-state index contributed by atoms with van der Waals surface area (Å²) in [5, 5.41) is 3.14. The van der Waals surface area contributed by atoms with Gasteiger partial charge in [0, 0.05) is 17.2 Å².